The van der Waals surface area contributed by atoms with Crippen LogP contribution < -0.4 is 10.2 Å². The van der Waals surface area contributed by atoms with E-state index in [1.54, 1.807) is 7.11 Å². The number of piperazine rings is 1. The molecule has 0 radical (unpaired) electrons. The summed E-state index contributed by atoms with van der Waals surface area (Å²) >= 11 is 0. The number of amides is 1. The Hall–Kier alpha value is -3.54. The number of hydrogen-bond donors (Lipinski definition) is 1. The van der Waals surface area contributed by atoms with Crippen molar-refractivity contribution in [1.29, 1.82) is 5.26 Å². The number of ether oxygens (including phenoxy) is 1. The van der Waals surface area contributed by atoms with E-state index in [1.165, 1.54) is 5.56 Å². The zero-order valence-corrected chi connectivity index (χ0v) is 18.8. The van der Waals surface area contributed by atoms with Gasteiger partial charge >= 0.3 is 0 Å². The number of carbonyl (C=O) groups is 1. The number of nitrogens with zero attached hydrogens (tertiary/aromatic N) is 5. The minimum atomic E-state index is -1.05. The maximum Gasteiger partial charge on any atom is 0.243 e. The Balaban J connectivity index is 1.57. The van der Waals surface area contributed by atoms with Crippen LogP contribution in [0.2, 0.25) is 0 Å². The van der Waals surface area contributed by atoms with E-state index in [0.29, 0.717) is 30.2 Å². The van der Waals surface area contributed by atoms with Gasteiger partial charge in [0.25, 0.3) is 0 Å². The highest BCUT2D eigenvalue weighted by atomic mass is 16.5. The summed E-state index contributed by atoms with van der Waals surface area (Å²) in [6.45, 7) is 4.83. The van der Waals surface area contributed by atoms with Crippen LogP contribution >= 0.6 is 0 Å². The number of carbonyl (C=O) groups excluding carboxylic acids is 1. The highest BCUT2D eigenvalue weighted by Gasteiger charge is 2.30. The molecule has 170 valence electrons. The monoisotopic (exact) mass is 444 g/mol. The Morgan fingerprint density at radius 2 is 1.73 bits per heavy atom. The van der Waals surface area contributed by atoms with E-state index in [4.69, 9.17) is 14.7 Å². The summed E-state index contributed by atoms with van der Waals surface area (Å²) < 4.78 is 5.00. The molecule has 1 aliphatic rings. The van der Waals surface area contributed by atoms with Crippen LogP contribution in [0.15, 0.2) is 54.6 Å². The van der Waals surface area contributed by atoms with Crippen LogP contribution in [0, 0.1) is 11.3 Å². The van der Waals surface area contributed by atoms with Crippen LogP contribution in [0.25, 0.3) is 11.0 Å². The van der Waals surface area contributed by atoms with Crippen molar-refractivity contribution in [2.24, 2.45) is 0 Å². The van der Waals surface area contributed by atoms with Crippen molar-refractivity contribution >= 4 is 22.8 Å². The third kappa shape index (κ3) is 5.45. The standard InChI is InChI=1S/C25H28N6O2/c1-33-16-11-27-25(32)20(17-26)23-24(29-22-10-6-5-9-21(22)28-23)31-14-12-30(13-15-31)18-19-7-3-2-4-8-19/h2-10,20H,11-16,18H2,1H3,(H,27,32)/t20-/m1/s1. The molecular formula is C25H28N6O2. The number of methoxy groups -OCH3 is 1. The molecule has 0 saturated carbocycles. The van der Waals surface area contributed by atoms with E-state index >= 15 is 0 Å². The van der Waals surface area contributed by atoms with Crippen molar-refractivity contribution in [3.63, 3.8) is 0 Å². The fraction of sp³-hybridized carbons (Fsp3) is 0.360. The van der Waals surface area contributed by atoms with Gasteiger partial charge in [0.1, 0.15) is 5.69 Å². The molecule has 0 unspecified atom stereocenters. The summed E-state index contributed by atoms with van der Waals surface area (Å²) in [4.78, 5) is 26.9. The smallest absolute Gasteiger partial charge is 0.243 e. The van der Waals surface area contributed by atoms with Crippen LogP contribution in [-0.4, -0.2) is 67.2 Å². The first-order valence-electron chi connectivity index (χ1n) is 11.1. The molecule has 0 bridgehead atoms. The summed E-state index contributed by atoms with van der Waals surface area (Å²) in [7, 11) is 1.57. The van der Waals surface area contributed by atoms with Gasteiger partial charge in [0.05, 0.1) is 23.7 Å². The molecule has 0 spiro atoms. The maximum atomic E-state index is 12.8. The van der Waals surface area contributed by atoms with Crippen LogP contribution in [0.5, 0.6) is 0 Å². The molecule has 3 aromatic rings. The maximum absolute atomic E-state index is 12.8. The average molecular weight is 445 g/mol. The molecule has 1 aromatic heterocycles. The quantitative estimate of drug-likeness (QED) is 0.533. The molecule has 1 saturated heterocycles. The Kier molecular flexibility index (Phi) is 7.45. The van der Waals surface area contributed by atoms with E-state index in [9.17, 15) is 10.1 Å². The number of fused-ring (bicyclic) bond motifs is 1. The number of nitrogens with one attached hydrogen (secondary N) is 1. The van der Waals surface area contributed by atoms with E-state index in [0.717, 1.165) is 38.2 Å². The van der Waals surface area contributed by atoms with Crippen molar-refractivity contribution < 1.29 is 9.53 Å². The largest absolute Gasteiger partial charge is 0.383 e. The predicted octanol–water partition coefficient (Wildman–Crippen LogP) is 2.32. The lowest BCUT2D eigenvalue weighted by atomic mass is 10.0. The van der Waals surface area contributed by atoms with Gasteiger partial charge < -0.3 is 15.0 Å². The van der Waals surface area contributed by atoms with E-state index in [1.807, 2.05) is 30.3 Å². The summed E-state index contributed by atoms with van der Waals surface area (Å²) in [5.74, 6) is -0.819. The molecule has 33 heavy (non-hydrogen) atoms. The molecular weight excluding hydrogens is 416 g/mol. The molecule has 1 atom stereocenters. The van der Waals surface area contributed by atoms with Crippen molar-refractivity contribution in [3.8, 4) is 6.07 Å². The third-order valence-electron chi connectivity index (χ3n) is 5.77. The van der Waals surface area contributed by atoms with Gasteiger partial charge in [-0.1, -0.05) is 42.5 Å². The van der Waals surface area contributed by atoms with Gasteiger partial charge in [-0.25, -0.2) is 9.97 Å². The normalized spacial score (nSPS) is 15.2. The van der Waals surface area contributed by atoms with Gasteiger partial charge in [-0.05, 0) is 17.7 Å². The minimum absolute atomic E-state index is 0.335. The van der Waals surface area contributed by atoms with Gasteiger partial charge in [0.2, 0.25) is 5.91 Å². The molecule has 8 heteroatoms. The number of hydrogen-bond acceptors (Lipinski definition) is 7. The van der Waals surface area contributed by atoms with Crippen molar-refractivity contribution in [3.05, 3.63) is 65.9 Å². The lowest BCUT2D eigenvalue weighted by Crippen LogP contribution is -2.47. The fourth-order valence-electron chi connectivity index (χ4n) is 4.01. The van der Waals surface area contributed by atoms with E-state index in [2.05, 4.69) is 45.5 Å². The Bertz CT molecular complexity index is 1120. The van der Waals surface area contributed by atoms with Crippen LogP contribution in [-0.2, 0) is 16.1 Å². The highest BCUT2D eigenvalue weighted by Crippen LogP contribution is 2.28. The van der Waals surface area contributed by atoms with Gasteiger partial charge in [-0.3, -0.25) is 9.69 Å². The Morgan fingerprint density at radius 1 is 1.06 bits per heavy atom. The molecule has 1 N–H and O–H groups in total. The molecule has 0 aliphatic carbocycles. The molecule has 1 fully saturated rings. The van der Waals surface area contributed by atoms with Gasteiger partial charge in [-0.2, -0.15) is 5.26 Å². The molecule has 2 aromatic carbocycles. The van der Waals surface area contributed by atoms with Crippen LogP contribution in [0.1, 0.15) is 17.2 Å². The van der Waals surface area contributed by atoms with E-state index in [-0.39, 0.29) is 5.91 Å². The van der Waals surface area contributed by atoms with E-state index < -0.39 is 5.92 Å². The molecule has 8 nitrogen and oxygen atoms in total. The predicted molar refractivity (Wildman–Crippen MR) is 127 cm³/mol. The number of aromatic nitrogens is 2. The fourth-order valence-corrected chi connectivity index (χ4v) is 4.01. The first kappa shape index (κ1) is 22.6. The zero-order chi connectivity index (χ0) is 23.0. The number of para-hydroxylation sites is 2. The second kappa shape index (κ2) is 10.9. The van der Waals surface area contributed by atoms with Crippen molar-refractivity contribution in [1.82, 2.24) is 20.2 Å². The van der Waals surface area contributed by atoms with Crippen molar-refractivity contribution in [2.45, 2.75) is 12.5 Å². The zero-order valence-electron chi connectivity index (χ0n) is 18.8. The number of rotatable bonds is 8. The highest BCUT2D eigenvalue weighted by molar-refractivity contribution is 5.88. The minimum Gasteiger partial charge on any atom is -0.383 e. The topological polar surface area (TPSA) is 94.4 Å². The summed E-state index contributed by atoms with van der Waals surface area (Å²) in [5, 5.41) is 12.6. The lowest BCUT2D eigenvalue weighted by Gasteiger charge is -2.36. The first-order valence-corrected chi connectivity index (χ1v) is 11.1. The number of anilines is 1. The van der Waals surface area contributed by atoms with Gasteiger partial charge in [0.15, 0.2) is 11.7 Å². The van der Waals surface area contributed by atoms with Crippen LogP contribution in [0.3, 0.4) is 0 Å². The first-order chi connectivity index (χ1) is 16.2. The SMILES string of the molecule is COCCNC(=O)[C@H](C#N)c1nc2ccccc2nc1N1CCN(Cc2ccccc2)CC1. The van der Waals surface area contributed by atoms with Gasteiger partial charge in [-0.15, -0.1) is 0 Å². The van der Waals surface area contributed by atoms with Crippen LogP contribution in [0.4, 0.5) is 5.82 Å². The molecule has 4 rings (SSSR count). The second-order valence-electron chi connectivity index (χ2n) is 8.02. The number of nitriles is 1. The molecule has 1 aliphatic heterocycles. The molecule has 1 amide bonds. The Labute approximate surface area is 193 Å². The van der Waals surface area contributed by atoms with Crippen molar-refractivity contribution in [2.75, 3.05) is 51.3 Å². The average Bonchev–Trinajstić information content (AvgIpc) is 2.85. The summed E-state index contributed by atoms with van der Waals surface area (Å²) in [6, 6.07) is 20.1. The number of benzene rings is 2. The van der Waals surface area contributed by atoms with Gasteiger partial charge in [0, 0.05) is 46.4 Å². The summed E-state index contributed by atoms with van der Waals surface area (Å²) in [5.41, 5.74) is 3.11. The second-order valence-corrected chi connectivity index (χ2v) is 8.02. The molecule has 2 heterocycles. The lowest BCUT2D eigenvalue weighted by molar-refractivity contribution is -0.121. The summed E-state index contributed by atoms with van der Waals surface area (Å²) in [6.07, 6.45) is 0. The third-order valence-corrected chi connectivity index (χ3v) is 5.77. The Morgan fingerprint density at radius 3 is 2.39 bits per heavy atom.